The van der Waals surface area contributed by atoms with Crippen LogP contribution in [0.25, 0.3) is 6.08 Å². The molecule has 7 aromatic rings. The summed E-state index contributed by atoms with van der Waals surface area (Å²) in [5.74, 6) is 1.04. The van der Waals surface area contributed by atoms with Crippen LogP contribution in [-0.2, 0) is 33.5 Å². The van der Waals surface area contributed by atoms with Crippen molar-refractivity contribution in [1.29, 1.82) is 0 Å². The Bertz CT molecular complexity index is 2340. The molecular weight excluding hydrogens is 903 g/mol. The maximum atomic E-state index is 5.20. The van der Waals surface area contributed by atoms with Crippen LogP contribution in [0.4, 0.5) is 0 Å². The molecule has 4 aromatic carbocycles. The van der Waals surface area contributed by atoms with Gasteiger partial charge in [0, 0.05) is 22.7 Å². The quantitative estimate of drug-likeness (QED) is 0.176. The summed E-state index contributed by atoms with van der Waals surface area (Å²) >= 11 is 1.83. The highest BCUT2D eigenvalue weighted by atomic mass is 32.1. The molecule has 0 saturated heterocycles. The third-order valence-corrected chi connectivity index (χ3v) is 12.4. The van der Waals surface area contributed by atoms with Gasteiger partial charge in [0.2, 0.25) is 0 Å². The molecule has 3 heteroatoms. The molecule has 7 rings (SSSR count). The highest BCUT2D eigenvalue weighted by molar-refractivity contribution is 7.10. The molecule has 0 radical (unpaired) electrons. The van der Waals surface area contributed by atoms with Gasteiger partial charge in [-0.3, -0.25) is 4.98 Å². The lowest BCUT2D eigenvalue weighted by Gasteiger charge is -2.19. The van der Waals surface area contributed by atoms with E-state index in [2.05, 4.69) is 302 Å². The number of pyridine rings is 1. The molecule has 0 saturated carbocycles. The number of allylic oxidation sites excluding steroid dienone is 1. The molecule has 0 unspecified atom stereocenters. The van der Waals surface area contributed by atoms with Crippen LogP contribution in [0.3, 0.4) is 0 Å². The molecule has 0 N–H and O–H groups in total. The second kappa shape index (κ2) is 30.8. The molecule has 0 atom stereocenters. The zero-order valence-corrected chi connectivity index (χ0v) is 50.9. The predicted octanol–water partition coefficient (Wildman–Crippen LogP) is 21.7. The molecule has 0 spiro atoms. The number of furan rings is 1. The van der Waals surface area contributed by atoms with E-state index in [1.54, 1.807) is 12.5 Å². The molecular formula is C70H101NOS. The number of rotatable bonds is 3. The first kappa shape index (κ1) is 65.8. The summed E-state index contributed by atoms with van der Waals surface area (Å²) in [6, 6.07) is 52.6. The second-order valence-electron chi connectivity index (χ2n) is 26.3. The molecule has 0 aliphatic rings. The summed E-state index contributed by atoms with van der Waals surface area (Å²) in [4.78, 5) is 5.51. The highest BCUT2D eigenvalue weighted by Gasteiger charge is 2.17. The van der Waals surface area contributed by atoms with Crippen LogP contribution >= 0.6 is 11.3 Å². The van der Waals surface area contributed by atoms with Crippen molar-refractivity contribution in [1.82, 2.24) is 4.98 Å². The third kappa shape index (κ3) is 32.5. The number of hydrogen-bond acceptors (Lipinski definition) is 3. The fourth-order valence-electron chi connectivity index (χ4n) is 6.34. The van der Waals surface area contributed by atoms with E-state index in [1.165, 1.54) is 51.1 Å². The number of nitrogens with zero attached hydrogens (tertiary/aromatic N) is 1. The Kier molecular flexibility index (Phi) is 27.8. The Hall–Kier alpha value is -5.25. The normalized spacial score (nSPS) is 11.8. The Labute approximate surface area is 453 Å². The smallest absolute Gasteiger partial charge is 0.109 e. The Morgan fingerprint density at radius 1 is 0.466 bits per heavy atom. The first-order chi connectivity index (χ1) is 33.6. The predicted molar refractivity (Wildman–Crippen MR) is 328 cm³/mol. The molecule has 3 heterocycles. The minimum Gasteiger partial charge on any atom is -0.469 e. The van der Waals surface area contributed by atoms with E-state index in [-0.39, 0.29) is 21.7 Å². The minimum absolute atomic E-state index is 0.156. The maximum Gasteiger partial charge on any atom is 0.109 e. The summed E-state index contributed by atoms with van der Waals surface area (Å²) in [6.45, 7) is 48.6. The lowest BCUT2D eigenvalue weighted by Crippen LogP contribution is -2.10. The summed E-state index contributed by atoms with van der Waals surface area (Å²) in [5.41, 5.74) is 10.2. The summed E-state index contributed by atoms with van der Waals surface area (Å²) in [7, 11) is 0. The average molecular weight is 1000 g/mol. The zero-order chi connectivity index (χ0) is 55.6. The largest absolute Gasteiger partial charge is 0.469 e. The molecule has 3 aromatic heterocycles. The van der Waals surface area contributed by atoms with E-state index in [4.69, 9.17) is 4.42 Å². The van der Waals surface area contributed by atoms with Crippen LogP contribution in [0.2, 0.25) is 0 Å². The Morgan fingerprint density at radius 3 is 1.30 bits per heavy atom. The number of aromatic nitrogens is 1. The monoisotopic (exact) mass is 1000 g/mol. The topological polar surface area (TPSA) is 26.0 Å². The van der Waals surface area contributed by atoms with E-state index in [0.717, 1.165) is 5.76 Å². The molecule has 0 bridgehead atoms. The standard InChI is InChI=1S/C12H18.C12H16.C11H16.C10H14.C9H13N.C8H12O.C8H12S/c2*1-12(2,3)10-9-11-7-5-4-6-8-11;1-9-6-5-7-10(8-9)11(2,3)4;1-10(2,3)9-7-5-4-6-8-9;1-9(2,3)8-5-4-6-10-7-8;2*1-8(2,3)7-5-4-6-9-7/h4-8H,9-10H2,1-3H3;4-10H,1-3H3;5-8H,1-4H3;4-8H,1-3H3;4-7H,1-3H3;2*4-6H,1-3H3/b;10-9+;;;;;. The Morgan fingerprint density at radius 2 is 0.973 bits per heavy atom. The van der Waals surface area contributed by atoms with Crippen LogP contribution in [0.5, 0.6) is 0 Å². The van der Waals surface area contributed by atoms with E-state index in [9.17, 15) is 0 Å². The number of hydrogen-bond donors (Lipinski definition) is 0. The van der Waals surface area contributed by atoms with Crippen molar-refractivity contribution in [3.8, 4) is 0 Å². The molecule has 0 fully saturated rings. The first-order valence-corrected chi connectivity index (χ1v) is 27.4. The zero-order valence-electron chi connectivity index (χ0n) is 50.1. The van der Waals surface area contributed by atoms with Gasteiger partial charge in [0.1, 0.15) is 5.76 Å². The van der Waals surface area contributed by atoms with E-state index in [0.29, 0.717) is 16.2 Å². The molecule has 73 heavy (non-hydrogen) atoms. The van der Waals surface area contributed by atoms with Gasteiger partial charge >= 0.3 is 0 Å². The van der Waals surface area contributed by atoms with Crippen molar-refractivity contribution in [2.45, 2.75) is 192 Å². The van der Waals surface area contributed by atoms with Crippen molar-refractivity contribution in [2.75, 3.05) is 0 Å². The van der Waals surface area contributed by atoms with Crippen LogP contribution in [0.1, 0.15) is 196 Å². The van der Waals surface area contributed by atoms with Crippen LogP contribution in [0, 0.1) is 17.8 Å². The summed E-state index contributed by atoms with van der Waals surface area (Å²) in [5, 5.41) is 2.13. The van der Waals surface area contributed by atoms with Gasteiger partial charge in [-0.1, -0.05) is 291 Å². The van der Waals surface area contributed by atoms with Crippen molar-refractivity contribution in [3.63, 3.8) is 0 Å². The van der Waals surface area contributed by atoms with Crippen molar-refractivity contribution in [2.24, 2.45) is 10.8 Å². The number of thiophene rings is 1. The van der Waals surface area contributed by atoms with Crippen LogP contribution in [-0.4, -0.2) is 4.98 Å². The fourth-order valence-corrected chi connectivity index (χ4v) is 7.16. The number of aryl methyl sites for hydroxylation is 2. The summed E-state index contributed by atoms with van der Waals surface area (Å²) in [6.07, 6.45) is 12.3. The molecule has 2 nitrogen and oxygen atoms in total. The first-order valence-electron chi connectivity index (χ1n) is 26.5. The summed E-state index contributed by atoms with van der Waals surface area (Å²) < 4.78 is 5.20. The Balaban J connectivity index is 0.000000427. The van der Waals surface area contributed by atoms with E-state index < -0.39 is 0 Å². The highest BCUT2D eigenvalue weighted by Crippen LogP contribution is 2.27. The van der Waals surface area contributed by atoms with Gasteiger partial charge in [0.25, 0.3) is 0 Å². The molecule has 398 valence electrons. The van der Waals surface area contributed by atoms with Gasteiger partial charge in [-0.2, -0.15) is 0 Å². The van der Waals surface area contributed by atoms with Gasteiger partial charge in [-0.15, -0.1) is 11.3 Å². The number of benzene rings is 4. The average Bonchev–Trinajstić information content (AvgIpc) is 4.07. The van der Waals surface area contributed by atoms with Crippen molar-refractivity contribution < 1.29 is 4.42 Å². The molecule has 0 aliphatic carbocycles. The lowest BCUT2D eigenvalue weighted by molar-refractivity contribution is 0.378. The van der Waals surface area contributed by atoms with Crippen molar-refractivity contribution in [3.05, 3.63) is 226 Å². The second-order valence-corrected chi connectivity index (χ2v) is 27.3. The lowest BCUT2D eigenvalue weighted by atomic mass is 9.86. The molecule has 0 aliphatic heterocycles. The SMILES string of the molecule is CC(C)(C)/C=C/c1ccccc1.CC(C)(C)CCc1ccccc1.CC(C)(C)c1ccccc1.CC(C)(C)c1cccnc1.CC(C)(C)c1ccco1.CC(C)(C)c1cccs1.Cc1cccc(C(C)(C)C)c1. The van der Waals surface area contributed by atoms with Gasteiger partial charge in [-0.05, 0) is 110 Å². The van der Waals surface area contributed by atoms with Gasteiger partial charge < -0.3 is 4.42 Å². The maximum absolute atomic E-state index is 5.20. The van der Waals surface area contributed by atoms with Crippen LogP contribution in [0.15, 0.2) is 186 Å². The van der Waals surface area contributed by atoms with Crippen molar-refractivity contribution >= 4 is 17.4 Å². The fraction of sp³-hybridized carbons (Fsp3) is 0.443. The van der Waals surface area contributed by atoms with Crippen LogP contribution < -0.4 is 0 Å². The molecule has 0 amide bonds. The van der Waals surface area contributed by atoms with E-state index >= 15 is 0 Å². The third-order valence-electron chi connectivity index (χ3n) is 11.2. The minimum atomic E-state index is 0.156. The van der Waals surface area contributed by atoms with Gasteiger partial charge in [0.05, 0.1) is 6.26 Å². The van der Waals surface area contributed by atoms with E-state index in [1.807, 2.05) is 41.8 Å². The van der Waals surface area contributed by atoms with Gasteiger partial charge in [0.15, 0.2) is 0 Å². The van der Waals surface area contributed by atoms with Gasteiger partial charge in [-0.25, -0.2) is 0 Å².